The molecule has 0 saturated carbocycles. The molecule has 0 spiro atoms. The molecule has 0 bridgehead atoms. The number of carbonyl (C=O) groups is 2. The Kier molecular flexibility index (Phi) is 2.68. The fourth-order valence-electron chi connectivity index (χ4n) is 2.00. The van der Waals surface area contributed by atoms with Gasteiger partial charge in [0.1, 0.15) is 12.6 Å². The van der Waals surface area contributed by atoms with E-state index in [1.165, 1.54) is 0 Å². The average Bonchev–Trinajstić information content (AvgIpc) is 2.47. The van der Waals surface area contributed by atoms with Gasteiger partial charge in [-0.3, -0.25) is 0 Å². The van der Waals surface area contributed by atoms with Gasteiger partial charge in [-0.05, 0) is 6.92 Å². The van der Waals surface area contributed by atoms with Crippen molar-refractivity contribution in [1.29, 1.82) is 0 Å². The number of amides is 2. The number of hydrogen-bond acceptors (Lipinski definition) is 3. The van der Waals surface area contributed by atoms with E-state index in [2.05, 4.69) is 0 Å². The van der Waals surface area contributed by atoms with E-state index in [0.29, 0.717) is 6.54 Å². The topological polar surface area (TPSA) is 80.4 Å². The van der Waals surface area contributed by atoms with Crippen molar-refractivity contribution in [2.24, 2.45) is 5.73 Å². The summed E-state index contributed by atoms with van der Waals surface area (Å²) in [5.41, 5.74) is 5.21. The van der Waals surface area contributed by atoms with Crippen molar-refractivity contribution < 1.29 is 19.2 Å². The van der Waals surface area contributed by atoms with E-state index >= 15 is 0 Å². The van der Waals surface area contributed by atoms with Crippen molar-refractivity contribution in [2.45, 2.75) is 25.8 Å². The van der Waals surface area contributed by atoms with Crippen molar-refractivity contribution >= 4 is 12.0 Å². The lowest BCUT2D eigenvalue weighted by atomic mass is 10.2. The molecule has 3 N–H and O–H groups in total. The van der Waals surface area contributed by atoms with Gasteiger partial charge in [-0.1, -0.05) is 0 Å². The summed E-state index contributed by atoms with van der Waals surface area (Å²) in [5.74, 6) is -0.391. The van der Waals surface area contributed by atoms with Crippen LogP contribution in [0.4, 0.5) is 4.79 Å². The predicted octanol–water partition coefficient (Wildman–Crippen LogP) is 0.149. The van der Waals surface area contributed by atoms with Gasteiger partial charge >= 0.3 is 12.0 Å². The molecule has 0 aromatic heterocycles. The van der Waals surface area contributed by atoms with Crippen LogP contribution in [0.15, 0.2) is 0 Å². The molecule has 1 aliphatic rings. The molecule has 0 aromatic rings. The molecule has 0 radical (unpaired) electrons. The first-order valence-electron chi connectivity index (χ1n) is 4.40. The van der Waals surface area contributed by atoms with Gasteiger partial charge in [0.25, 0.3) is 0 Å². The van der Waals surface area contributed by atoms with E-state index in [9.17, 15) is 9.59 Å². The number of nitrogens with two attached hydrogens (primary N) is 1. The summed E-state index contributed by atoms with van der Waals surface area (Å²) in [7, 11) is 0. The van der Waals surface area contributed by atoms with Crippen LogP contribution in [0.25, 0.3) is 0 Å². The quantitative estimate of drug-likeness (QED) is 0.572. The number of imide groups is 1. The smallest absolute Gasteiger partial charge is 0.435 e. The highest BCUT2D eigenvalue weighted by atomic mass is 16.4. The Morgan fingerprint density at radius 3 is 2.54 bits per heavy atom. The van der Waals surface area contributed by atoms with Crippen LogP contribution in [0.1, 0.15) is 19.8 Å². The molecule has 1 rings (SSSR count). The second-order valence-corrected chi connectivity index (χ2v) is 3.46. The molecule has 1 unspecified atom stereocenters. The maximum absolute atomic E-state index is 11.5. The lowest BCUT2D eigenvalue weighted by Gasteiger charge is -2.28. The lowest BCUT2D eigenvalue weighted by molar-refractivity contribution is -0.791. The number of hydrogen-bond donors (Lipinski definition) is 2. The first-order valence-corrected chi connectivity index (χ1v) is 4.40. The minimum Gasteiger partial charge on any atom is -0.435 e. The van der Waals surface area contributed by atoms with Gasteiger partial charge in [0, 0.05) is 12.8 Å². The molecule has 13 heavy (non-hydrogen) atoms. The van der Waals surface area contributed by atoms with E-state index < -0.39 is 16.5 Å². The van der Waals surface area contributed by atoms with E-state index in [1.807, 2.05) is 0 Å². The zero-order valence-electron chi connectivity index (χ0n) is 7.69. The third-order valence-electron chi connectivity index (χ3n) is 2.85. The van der Waals surface area contributed by atoms with Crippen LogP contribution in [0.5, 0.6) is 0 Å². The summed E-state index contributed by atoms with van der Waals surface area (Å²) >= 11 is 0. The normalized spacial score (nSPS) is 33.2. The van der Waals surface area contributed by atoms with E-state index in [1.54, 1.807) is 6.92 Å². The molecular weight excluding hydrogens is 172 g/mol. The second kappa shape index (κ2) is 3.43. The Morgan fingerprint density at radius 1 is 1.62 bits per heavy atom. The minimum atomic E-state index is -1.07. The maximum Gasteiger partial charge on any atom is 0.521 e. The lowest BCUT2D eigenvalue weighted by Crippen LogP contribution is -2.60. The van der Waals surface area contributed by atoms with Crippen molar-refractivity contribution in [3.63, 3.8) is 0 Å². The summed E-state index contributed by atoms with van der Waals surface area (Å²) in [6.45, 7) is 1.97. The van der Waals surface area contributed by atoms with Crippen LogP contribution in [0, 0.1) is 0 Å². The van der Waals surface area contributed by atoms with Crippen LogP contribution >= 0.6 is 0 Å². The largest absolute Gasteiger partial charge is 0.521 e. The summed E-state index contributed by atoms with van der Waals surface area (Å²) in [5, 5.41) is 9.03. The van der Waals surface area contributed by atoms with Crippen LogP contribution in [-0.4, -0.2) is 40.7 Å². The number of nitrogens with zero attached hydrogens (tertiary/aromatic N) is 1. The monoisotopic (exact) mass is 187 g/mol. The van der Waals surface area contributed by atoms with E-state index in [0.717, 1.165) is 12.8 Å². The first kappa shape index (κ1) is 10.1. The maximum atomic E-state index is 11.5. The predicted molar refractivity (Wildman–Crippen MR) is 45.9 cm³/mol. The third-order valence-corrected chi connectivity index (χ3v) is 2.85. The van der Waals surface area contributed by atoms with Gasteiger partial charge < -0.3 is 10.8 Å². The van der Waals surface area contributed by atoms with Crippen LogP contribution < -0.4 is 5.73 Å². The molecule has 1 aliphatic heterocycles. The van der Waals surface area contributed by atoms with Crippen LogP contribution in [0.2, 0.25) is 0 Å². The molecule has 1 fully saturated rings. The fraction of sp³-hybridized carbons (Fsp3) is 0.750. The van der Waals surface area contributed by atoms with Crippen molar-refractivity contribution in [3.05, 3.63) is 0 Å². The summed E-state index contributed by atoms with van der Waals surface area (Å²) < 4.78 is -0.476. The number of quaternary nitrogens is 1. The Bertz CT molecular complexity index is 242. The van der Waals surface area contributed by atoms with Gasteiger partial charge in [0.2, 0.25) is 0 Å². The SMILES string of the molecule is C[C@@H]1CCC[N+]1(C(=O)O)C(=O)CN. The summed E-state index contributed by atoms with van der Waals surface area (Å²) in [6, 6.07) is -0.145. The van der Waals surface area contributed by atoms with Gasteiger partial charge in [-0.15, -0.1) is 0 Å². The highest BCUT2D eigenvalue weighted by Crippen LogP contribution is 2.27. The molecular formula is C8H15N2O3+. The zero-order chi connectivity index (χ0) is 10.1. The summed E-state index contributed by atoms with van der Waals surface area (Å²) in [4.78, 5) is 22.5. The second-order valence-electron chi connectivity index (χ2n) is 3.46. The van der Waals surface area contributed by atoms with Crippen LogP contribution in [0.3, 0.4) is 0 Å². The zero-order valence-corrected chi connectivity index (χ0v) is 7.69. The van der Waals surface area contributed by atoms with E-state index in [4.69, 9.17) is 10.8 Å². The number of carboxylic acid groups (broad SMARTS) is 1. The molecule has 5 nitrogen and oxygen atoms in total. The van der Waals surface area contributed by atoms with Gasteiger partial charge in [-0.25, -0.2) is 4.79 Å². The average molecular weight is 187 g/mol. The highest BCUT2D eigenvalue weighted by molar-refractivity contribution is 5.82. The molecule has 2 amide bonds. The third kappa shape index (κ3) is 1.34. The van der Waals surface area contributed by atoms with Gasteiger partial charge in [0.15, 0.2) is 0 Å². The molecule has 1 heterocycles. The summed E-state index contributed by atoms with van der Waals surface area (Å²) in [6.07, 6.45) is 0.484. The first-order chi connectivity index (χ1) is 6.05. The Balaban J connectivity index is 3.00. The Labute approximate surface area is 76.7 Å². The molecule has 2 atom stereocenters. The van der Waals surface area contributed by atoms with E-state index in [-0.39, 0.29) is 12.6 Å². The number of rotatable bonds is 1. The standard InChI is InChI=1S/C8H14N2O3/c1-6-3-2-4-10(6,8(12)13)7(11)5-9/h6H,2-5,9H2,1H3/p+1/t6-,10?/m1/s1. The van der Waals surface area contributed by atoms with Crippen molar-refractivity contribution in [1.82, 2.24) is 0 Å². The van der Waals surface area contributed by atoms with Crippen LogP contribution in [-0.2, 0) is 4.79 Å². The molecule has 1 saturated heterocycles. The molecule has 74 valence electrons. The number of likely N-dealkylation sites (tertiary alicyclic amines) is 1. The number of carbonyl (C=O) groups excluding carboxylic acids is 1. The molecule has 0 aromatic carbocycles. The van der Waals surface area contributed by atoms with Crippen molar-refractivity contribution in [2.75, 3.05) is 13.1 Å². The van der Waals surface area contributed by atoms with Gasteiger partial charge in [0.05, 0.1) is 6.54 Å². The Morgan fingerprint density at radius 2 is 2.23 bits per heavy atom. The Hall–Kier alpha value is -0.940. The minimum absolute atomic E-state index is 0.145. The molecule has 0 aliphatic carbocycles. The van der Waals surface area contributed by atoms with Crippen molar-refractivity contribution in [3.8, 4) is 0 Å². The van der Waals surface area contributed by atoms with Gasteiger partial charge in [-0.2, -0.15) is 9.28 Å². The highest BCUT2D eigenvalue weighted by Gasteiger charge is 2.51. The molecule has 5 heteroatoms. The fourth-order valence-corrected chi connectivity index (χ4v) is 2.00.